The fourth-order valence-corrected chi connectivity index (χ4v) is 2.10. The first-order valence-corrected chi connectivity index (χ1v) is 6.15. The number of carbonyl (C=O) groups excluding carboxylic acids is 1. The molecule has 0 radical (unpaired) electrons. The number of nitrogens with one attached hydrogen (secondary N) is 2. The van der Waals surface area contributed by atoms with Crippen LogP contribution in [0.3, 0.4) is 0 Å². The summed E-state index contributed by atoms with van der Waals surface area (Å²) in [6, 6.07) is 6.16. The number of aliphatic hydroxyl groups is 1. The maximum Gasteiger partial charge on any atom is 0.220 e. The molecule has 1 aromatic heterocycles. The van der Waals surface area contributed by atoms with E-state index in [4.69, 9.17) is 5.11 Å². The van der Waals surface area contributed by atoms with E-state index in [0.29, 0.717) is 19.4 Å². The zero-order valence-corrected chi connectivity index (χ0v) is 10.5. The highest BCUT2D eigenvalue weighted by atomic mass is 16.3. The van der Waals surface area contributed by atoms with Crippen LogP contribution in [0.4, 0.5) is 0 Å². The summed E-state index contributed by atoms with van der Waals surface area (Å²) >= 11 is 0. The van der Waals surface area contributed by atoms with Gasteiger partial charge in [-0.2, -0.15) is 0 Å². The zero-order chi connectivity index (χ0) is 13.0. The maximum absolute atomic E-state index is 11.5. The van der Waals surface area contributed by atoms with Crippen molar-refractivity contribution in [3.05, 3.63) is 35.5 Å². The summed E-state index contributed by atoms with van der Waals surface area (Å²) < 4.78 is 0. The van der Waals surface area contributed by atoms with Crippen LogP contribution in [-0.4, -0.2) is 29.1 Å². The van der Waals surface area contributed by atoms with Crippen molar-refractivity contribution in [3.63, 3.8) is 0 Å². The summed E-state index contributed by atoms with van der Waals surface area (Å²) in [7, 11) is 0. The Morgan fingerprint density at radius 2 is 2.28 bits per heavy atom. The number of aromatic nitrogens is 1. The van der Waals surface area contributed by atoms with Crippen LogP contribution < -0.4 is 5.32 Å². The van der Waals surface area contributed by atoms with Crippen molar-refractivity contribution in [2.24, 2.45) is 0 Å². The first kappa shape index (κ1) is 12.6. The highest BCUT2D eigenvalue weighted by molar-refractivity contribution is 5.86. The van der Waals surface area contributed by atoms with Gasteiger partial charge in [0.1, 0.15) is 0 Å². The molecule has 0 spiro atoms. The second-order valence-electron chi connectivity index (χ2n) is 4.38. The second kappa shape index (κ2) is 5.69. The van der Waals surface area contributed by atoms with E-state index in [1.165, 1.54) is 10.9 Å². The van der Waals surface area contributed by atoms with Gasteiger partial charge in [-0.05, 0) is 24.5 Å². The standard InChI is InChI=1S/C14H18N2O2/c1-10-3-2-4-12-11(9-16-14(10)12)5-6-13(18)15-7-8-17/h2-4,9,16-17H,5-8H2,1H3,(H,15,18). The molecule has 4 heteroatoms. The quantitative estimate of drug-likeness (QED) is 0.749. The van der Waals surface area contributed by atoms with E-state index in [1.54, 1.807) is 0 Å². The van der Waals surface area contributed by atoms with Crippen molar-refractivity contribution in [1.82, 2.24) is 10.3 Å². The van der Waals surface area contributed by atoms with Crippen LogP contribution in [0, 0.1) is 6.92 Å². The Labute approximate surface area is 106 Å². The fourth-order valence-electron chi connectivity index (χ4n) is 2.10. The minimum absolute atomic E-state index is 0.0159. The number of H-pyrrole nitrogens is 1. The van der Waals surface area contributed by atoms with E-state index in [0.717, 1.165) is 11.1 Å². The number of benzene rings is 1. The van der Waals surface area contributed by atoms with Crippen LogP contribution in [0.15, 0.2) is 24.4 Å². The third-order valence-corrected chi connectivity index (χ3v) is 3.06. The monoisotopic (exact) mass is 246 g/mol. The lowest BCUT2D eigenvalue weighted by Gasteiger charge is -2.02. The van der Waals surface area contributed by atoms with E-state index < -0.39 is 0 Å². The van der Waals surface area contributed by atoms with Gasteiger partial charge >= 0.3 is 0 Å². The van der Waals surface area contributed by atoms with Gasteiger partial charge in [-0.25, -0.2) is 0 Å². The van der Waals surface area contributed by atoms with Crippen LogP contribution in [0.1, 0.15) is 17.5 Å². The smallest absolute Gasteiger partial charge is 0.220 e. The highest BCUT2D eigenvalue weighted by Gasteiger charge is 2.07. The molecule has 2 rings (SSSR count). The summed E-state index contributed by atoms with van der Waals surface area (Å²) in [6.07, 6.45) is 3.12. The van der Waals surface area contributed by atoms with E-state index in [9.17, 15) is 4.79 Å². The Balaban J connectivity index is 2.04. The van der Waals surface area contributed by atoms with Gasteiger partial charge < -0.3 is 15.4 Å². The van der Waals surface area contributed by atoms with Gasteiger partial charge in [0.15, 0.2) is 0 Å². The molecule has 0 aliphatic carbocycles. The Bertz CT molecular complexity index is 546. The number of fused-ring (bicyclic) bond motifs is 1. The zero-order valence-electron chi connectivity index (χ0n) is 10.5. The number of hydrogen-bond acceptors (Lipinski definition) is 2. The van der Waals surface area contributed by atoms with E-state index in [2.05, 4.69) is 29.4 Å². The van der Waals surface area contributed by atoms with Gasteiger partial charge in [0.05, 0.1) is 6.61 Å². The summed E-state index contributed by atoms with van der Waals surface area (Å²) in [4.78, 5) is 14.7. The lowest BCUT2D eigenvalue weighted by atomic mass is 10.1. The second-order valence-corrected chi connectivity index (χ2v) is 4.38. The number of hydrogen-bond donors (Lipinski definition) is 3. The molecule has 1 aromatic carbocycles. The first-order valence-electron chi connectivity index (χ1n) is 6.15. The van der Waals surface area contributed by atoms with Crippen molar-refractivity contribution in [2.75, 3.05) is 13.2 Å². The minimum atomic E-state index is -0.0222. The van der Waals surface area contributed by atoms with Gasteiger partial charge in [-0.15, -0.1) is 0 Å². The van der Waals surface area contributed by atoms with Crippen LogP contribution in [0.2, 0.25) is 0 Å². The Kier molecular flexibility index (Phi) is 3.99. The van der Waals surface area contributed by atoms with E-state index in [-0.39, 0.29) is 12.5 Å². The van der Waals surface area contributed by atoms with Crippen LogP contribution in [-0.2, 0) is 11.2 Å². The Morgan fingerprint density at radius 1 is 1.44 bits per heavy atom. The summed E-state index contributed by atoms with van der Waals surface area (Å²) in [6.45, 7) is 2.38. The molecule has 4 nitrogen and oxygen atoms in total. The molecule has 0 aliphatic heterocycles. The molecule has 0 aliphatic rings. The minimum Gasteiger partial charge on any atom is -0.395 e. The Hall–Kier alpha value is -1.81. The summed E-state index contributed by atoms with van der Waals surface area (Å²) in [5, 5.41) is 12.5. The predicted octanol–water partition coefficient (Wildman–Crippen LogP) is 1.52. The third-order valence-electron chi connectivity index (χ3n) is 3.06. The number of para-hydroxylation sites is 1. The lowest BCUT2D eigenvalue weighted by Crippen LogP contribution is -2.26. The average Bonchev–Trinajstić information content (AvgIpc) is 2.78. The molecule has 0 fully saturated rings. The average molecular weight is 246 g/mol. The molecule has 0 bridgehead atoms. The number of carbonyl (C=O) groups is 1. The summed E-state index contributed by atoms with van der Waals surface area (Å²) in [5.74, 6) is -0.0222. The lowest BCUT2D eigenvalue weighted by molar-refractivity contribution is -0.121. The molecule has 1 heterocycles. The van der Waals surface area contributed by atoms with Crippen molar-refractivity contribution < 1.29 is 9.90 Å². The number of rotatable bonds is 5. The molecule has 0 atom stereocenters. The first-order chi connectivity index (χ1) is 8.72. The SMILES string of the molecule is Cc1cccc2c(CCC(=O)NCCO)c[nH]c12. The number of amides is 1. The molecule has 0 unspecified atom stereocenters. The topological polar surface area (TPSA) is 65.1 Å². The molecular weight excluding hydrogens is 228 g/mol. The molecule has 0 saturated carbocycles. The molecule has 0 saturated heterocycles. The van der Waals surface area contributed by atoms with Crippen LogP contribution in [0.25, 0.3) is 10.9 Å². The van der Waals surface area contributed by atoms with Gasteiger partial charge in [0, 0.05) is 30.1 Å². The predicted molar refractivity (Wildman–Crippen MR) is 71.5 cm³/mol. The van der Waals surface area contributed by atoms with Crippen molar-refractivity contribution in [2.45, 2.75) is 19.8 Å². The normalized spacial score (nSPS) is 10.8. The highest BCUT2D eigenvalue weighted by Crippen LogP contribution is 2.22. The van der Waals surface area contributed by atoms with E-state index in [1.807, 2.05) is 12.3 Å². The molecule has 3 N–H and O–H groups in total. The van der Waals surface area contributed by atoms with Gasteiger partial charge in [0.25, 0.3) is 0 Å². The van der Waals surface area contributed by atoms with Crippen molar-refractivity contribution >= 4 is 16.8 Å². The van der Waals surface area contributed by atoms with Crippen molar-refractivity contribution in [1.29, 1.82) is 0 Å². The molecular formula is C14H18N2O2. The molecule has 2 aromatic rings. The number of aromatic amines is 1. The largest absolute Gasteiger partial charge is 0.395 e. The number of aliphatic hydroxyl groups excluding tert-OH is 1. The van der Waals surface area contributed by atoms with Crippen LogP contribution in [0.5, 0.6) is 0 Å². The van der Waals surface area contributed by atoms with Gasteiger partial charge in [-0.3, -0.25) is 4.79 Å². The fraction of sp³-hybridized carbons (Fsp3) is 0.357. The Morgan fingerprint density at radius 3 is 3.06 bits per heavy atom. The maximum atomic E-state index is 11.5. The van der Waals surface area contributed by atoms with Crippen LogP contribution >= 0.6 is 0 Å². The molecule has 96 valence electrons. The molecule has 18 heavy (non-hydrogen) atoms. The van der Waals surface area contributed by atoms with E-state index >= 15 is 0 Å². The third kappa shape index (κ3) is 2.71. The van der Waals surface area contributed by atoms with Gasteiger partial charge in [0.2, 0.25) is 5.91 Å². The van der Waals surface area contributed by atoms with Gasteiger partial charge in [-0.1, -0.05) is 18.2 Å². The summed E-state index contributed by atoms with van der Waals surface area (Å²) in [5.41, 5.74) is 3.51. The number of aryl methyl sites for hydroxylation is 2. The molecule has 1 amide bonds. The van der Waals surface area contributed by atoms with Crippen molar-refractivity contribution in [3.8, 4) is 0 Å².